The zero-order valence-electron chi connectivity index (χ0n) is 3.98. The third-order valence-corrected chi connectivity index (χ3v) is 0.797. The number of hydroxylamine groups is 1. The Bertz CT molecular complexity index is 107. The van der Waals surface area contributed by atoms with Crippen molar-refractivity contribution in [3.05, 3.63) is 24.4 Å². The van der Waals surface area contributed by atoms with Gasteiger partial charge in [-0.1, -0.05) is 6.58 Å². The summed E-state index contributed by atoms with van der Waals surface area (Å²) in [5.41, 5.74) is 3.61. The molecule has 0 aromatic rings. The van der Waals surface area contributed by atoms with Gasteiger partial charge in [-0.25, -0.2) is 0 Å². The second-order valence-corrected chi connectivity index (χ2v) is 1.28. The van der Waals surface area contributed by atoms with Gasteiger partial charge in [0.15, 0.2) is 0 Å². The predicted molar refractivity (Wildman–Crippen MR) is 27.4 cm³/mol. The fraction of sp³-hybridized carbons (Fsp3) is 0.200. The summed E-state index contributed by atoms with van der Waals surface area (Å²) < 4.78 is 0. The monoisotopic (exact) mass is 97.1 g/mol. The van der Waals surface area contributed by atoms with Gasteiger partial charge in [-0.3, -0.25) is 10.3 Å². The molecule has 2 nitrogen and oxygen atoms in total. The van der Waals surface area contributed by atoms with Crippen LogP contribution < -0.4 is 5.48 Å². The van der Waals surface area contributed by atoms with Crippen molar-refractivity contribution in [2.24, 2.45) is 0 Å². The lowest BCUT2D eigenvalue weighted by atomic mass is 10.4. The largest absolute Gasteiger partial charge is 0.272 e. The Hall–Kier alpha value is -0.760. The van der Waals surface area contributed by atoms with E-state index in [1.54, 1.807) is 6.08 Å². The van der Waals surface area contributed by atoms with Crippen LogP contribution in [0.2, 0.25) is 0 Å². The van der Waals surface area contributed by atoms with Crippen molar-refractivity contribution in [1.82, 2.24) is 5.48 Å². The van der Waals surface area contributed by atoms with Crippen molar-refractivity contribution < 1.29 is 4.84 Å². The SMILES string of the molecule is C=CC1=CCON1. The Morgan fingerprint density at radius 2 is 2.86 bits per heavy atom. The molecule has 0 saturated carbocycles. The first-order chi connectivity index (χ1) is 3.43. The first-order valence-corrected chi connectivity index (χ1v) is 2.14. The summed E-state index contributed by atoms with van der Waals surface area (Å²) in [6, 6.07) is 0. The van der Waals surface area contributed by atoms with E-state index in [1.165, 1.54) is 0 Å². The van der Waals surface area contributed by atoms with Gasteiger partial charge in [0.25, 0.3) is 0 Å². The third-order valence-electron chi connectivity index (χ3n) is 0.797. The molecule has 0 aromatic heterocycles. The van der Waals surface area contributed by atoms with Gasteiger partial charge in [0.1, 0.15) is 0 Å². The molecule has 0 amide bonds. The van der Waals surface area contributed by atoms with E-state index in [0.29, 0.717) is 6.61 Å². The highest BCUT2D eigenvalue weighted by molar-refractivity contribution is 5.14. The molecule has 0 spiro atoms. The van der Waals surface area contributed by atoms with Gasteiger partial charge in [-0.05, 0) is 12.2 Å². The van der Waals surface area contributed by atoms with Crippen molar-refractivity contribution in [2.75, 3.05) is 6.61 Å². The summed E-state index contributed by atoms with van der Waals surface area (Å²) in [5, 5.41) is 0. The second-order valence-electron chi connectivity index (χ2n) is 1.28. The van der Waals surface area contributed by atoms with Crippen LogP contribution in [-0.4, -0.2) is 6.61 Å². The summed E-state index contributed by atoms with van der Waals surface area (Å²) in [4.78, 5) is 4.73. The van der Waals surface area contributed by atoms with E-state index in [9.17, 15) is 0 Å². The number of nitrogens with one attached hydrogen (secondary N) is 1. The summed E-state index contributed by atoms with van der Waals surface area (Å²) in [5.74, 6) is 0. The van der Waals surface area contributed by atoms with Crippen LogP contribution in [-0.2, 0) is 4.84 Å². The second kappa shape index (κ2) is 1.80. The van der Waals surface area contributed by atoms with Crippen molar-refractivity contribution in [3.8, 4) is 0 Å². The predicted octanol–water partition coefficient (Wildman–Crippen LogP) is 0.591. The van der Waals surface area contributed by atoms with Crippen LogP contribution >= 0.6 is 0 Å². The van der Waals surface area contributed by atoms with E-state index in [2.05, 4.69) is 12.1 Å². The van der Waals surface area contributed by atoms with E-state index in [-0.39, 0.29) is 0 Å². The summed E-state index contributed by atoms with van der Waals surface area (Å²) in [6.07, 6.45) is 3.64. The molecule has 1 rings (SSSR count). The van der Waals surface area contributed by atoms with Gasteiger partial charge in [0.05, 0.1) is 12.3 Å². The fourth-order valence-electron chi connectivity index (χ4n) is 0.423. The molecule has 0 saturated heterocycles. The van der Waals surface area contributed by atoms with Crippen molar-refractivity contribution in [2.45, 2.75) is 0 Å². The first-order valence-electron chi connectivity index (χ1n) is 2.14. The minimum absolute atomic E-state index is 0.654. The Morgan fingerprint density at radius 1 is 2.00 bits per heavy atom. The van der Waals surface area contributed by atoms with Gasteiger partial charge >= 0.3 is 0 Å². The van der Waals surface area contributed by atoms with Crippen molar-refractivity contribution >= 4 is 0 Å². The highest BCUT2D eigenvalue weighted by atomic mass is 16.6. The molecule has 2 heteroatoms. The molecule has 0 aromatic carbocycles. The molecular formula is C5H7NO. The molecule has 0 bridgehead atoms. The maximum Gasteiger partial charge on any atom is 0.0951 e. The minimum atomic E-state index is 0.654. The molecular weight excluding hydrogens is 90.1 g/mol. The Kier molecular flexibility index (Phi) is 1.13. The Morgan fingerprint density at radius 3 is 3.14 bits per heavy atom. The topological polar surface area (TPSA) is 21.3 Å². The quantitative estimate of drug-likeness (QED) is 0.517. The van der Waals surface area contributed by atoms with Crippen LogP contribution in [0.15, 0.2) is 24.4 Å². The molecule has 0 radical (unpaired) electrons. The first kappa shape index (κ1) is 4.40. The third kappa shape index (κ3) is 0.810. The molecule has 7 heavy (non-hydrogen) atoms. The molecule has 0 unspecified atom stereocenters. The smallest absolute Gasteiger partial charge is 0.0951 e. The molecule has 38 valence electrons. The lowest BCUT2D eigenvalue weighted by Gasteiger charge is -1.91. The van der Waals surface area contributed by atoms with Crippen LogP contribution in [0.25, 0.3) is 0 Å². The van der Waals surface area contributed by atoms with Crippen molar-refractivity contribution in [3.63, 3.8) is 0 Å². The van der Waals surface area contributed by atoms with Crippen LogP contribution in [0.3, 0.4) is 0 Å². The van der Waals surface area contributed by atoms with Gasteiger partial charge in [0, 0.05) is 0 Å². The number of allylic oxidation sites excluding steroid dienone is 1. The fourth-order valence-corrected chi connectivity index (χ4v) is 0.423. The standard InChI is InChI=1S/C5H7NO/c1-2-5-3-4-7-6-5/h2-3,6H,1,4H2. The molecule has 0 aliphatic carbocycles. The maximum absolute atomic E-state index is 4.73. The summed E-state index contributed by atoms with van der Waals surface area (Å²) >= 11 is 0. The van der Waals surface area contributed by atoms with E-state index in [0.717, 1.165) is 5.70 Å². The van der Waals surface area contributed by atoms with Crippen molar-refractivity contribution in [1.29, 1.82) is 0 Å². The van der Waals surface area contributed by atoms with Gasteiger partial charge in [-0.2, -0.15) is 0 Å². The molecule has 1 heterocycles. The molecule has 1 N–H and O–H groups in total. The van der Waals surface area contributed by atoms with Crippen LogP contribution in [0.4, 0.5) is 0 Å². The highest BCUT2D eigenvalue weighted by Gasteiger charge is 1.95. The van der Waals surface area contributed by atoms with Gasteiger partial charge < -0.3 is 0 Å². The number of rotatable bonds is 1. The number of hydrogen-bond acceptors (Lipinski definition) is 2. The van der Waals surface area contributed by atoms with E-state index >= 15 is 0 Å². The summed E-state index contributed by atoms with van der Waals surface area (Å²) in [7, 11) is 0. The molecule has 1 aliphatic heterocycles. The lowest BCUT2D eigenvalue weighted by Crippen LogP contribution is -2.02. The Labute approximate surface area is 42.4 Å². The Balaban J connectivity index is 2.51. The van der Waals surface area contributed by atoms with E-state index < -0.39 is 0 Å². The van der Waals surface area contributed by atoms with Gasteiger partial charge in [0.2, 0.25) is 0 Å². The average Bonchev–Trinajstić information content (AvgIpc) is 2.14. The van der Waals surface area contributed by atoms with Crippen LogP contribution in [0.5, 0.6) is 0 Å². The zero-order chi connectivity index (χ0) is 5.11. The minimum Gasteiger partial charge on any atom is -0.272 e. The lowest BCUT2D eigenvalue weighted by molar-refractivity contribution is 0.111. The summed E-state index contributed by atoms with van der Waals surface area (Å²) in [6.45, 7) is 4.19. The highest BCUT2D eigenvalue weighted by Crippen LogP contribution is 1.95. The molecule has 0 fully saturated rings. The van der Waals surface area contributed by atoms with Crippen LogP contribution in [0, 0.1) is 0 Å². The van der Waals surface area contributed by atoms with E-state index in [4.69, 9.17) is 4.84 Å². The zero-order valence-corrected chi connectivity index (χ0v) is 3.98. The van der Waals surface area contributed by atoms with Gasteiger partial charge in [-0.15, -0.1) is 0 Å². The molecule has 1 aliphatic rings. The maximum atomic E-state index is 4.73. The van der Waals surface area contributed by atoms with Crippen LogP contribution in [0.1, 0.15) is 0 Å². The van der Waals surface area contributed by atoms with E-state index in [1.807, 2.05) is 6.08 Å². The normalized spacial score (nSPS) is 18.0. The average molecular weight is 97.1 g/mol. The number of hydrogen-bond donors (Lipinski definition) is 1. The molecule has 0 atom stereocenters.